The molecule has 1 unspecified atom stereocenters. The van der Waals surface area contributed by atoms with Crippen molar-refractivity contribution in [2.45, 2.75) is 32.6 Å². The summed E-state index contributed by atoms with van der Waals surface area (Å²) in [7, 11) is 1.90. The zero-order chi connectivity index (χ0) is 25.0. The van der Waals surface area contributed by atoms with Crippen LogP contribution in [0, 0.1) is 0 Å². The van der Waals surface area contributed by atoms with Crippen molar-refractivity contribution in [2.24, 2.45) is 0 Å². The Morgan fingerprint density at radius 2 is 1.31 bits per heavy atom. The molecule has 2 aromatic carbocycles. The van der Waals surface area contributed by atoms with E-state index in [1.807, 2.05) is 25.3 Å². The standard InChI is InChI=1S/C26H29N3O6/c1-18(30)33-15-19-5-11-23(12-6-19)28-26(32)35-17-21-7-13-24(14-8-21)29-25(31)34-16-20-3-9-22(27-2)10-4-20/h3-9,11-14,22,27H,10,15-17H2,1-2H3,(H,28,32)(H,29,31). The van der Waals surface area contributed by atoms with Crippen LogP contribution >= 0.6 is 0 Å². The van der Waals surface area contributed by atoms with Gasteiger partial charge < -0.3 is 19.5 Å². The van der Waals surface area contributed by atoms with Crippen LogP contribution in [0.3, 0.4) is 0 Å². The highest BCUT2D eigenvalue weighted by atomic mass is 16.6. The van der Waals surface area contributed by atoms with Gasteiger partial charge in [-0.25, -0.2) is 9.59 Å². The number of benzene rings is 2. The fraction of sp³-hybridized carbons (Fsp3) is 0.269. The largest absolute Gasteiger partial charge is 0.461 e. The summed E-state index contributed by atoms with van der Waals surface area (Å²) in [6.45, 7) is 1.79. The zero-order valence-corrected chi connectivity index (χ0v) is 19.7. The molecule has 2 amide bonds. The molecule has 3 rings (SSSR count). The van der Waals surface area contributed by atoms with Gasteiger partial charge in [0.15, 0.2) is 0 Å². The third-order valence-corrected chi connectivity index (χ3v) is 5.13. The maximum absolute atomic E-state index is 12.0. The smallest absolute Gasteiger partial charge is 0.411 e. The van der Waals surface area contributed by atoms with Gasteiger partial charge in [0.2, 0.25) is 0 Å². The molecule has 0 saturated heterocycles. The number of carbonyl (C=O) groups is 3. The molecular weight excluding hydrogens is 450 g/mol. The van der Waals surface area contributed by atoms with Crippen LogP contribution in [0.15, 0.2) is 72.3 Å². The van der Waals surface area contributed by atoms with Crippen molar-refractivity contribution in [1.82, 2.24) is 5.32 Å². The van der Waals surface area contributed by atoms with E-state index in [-0.39, 0.29) is 25.8 Å². The predicted octanol–water partition coefficient (Wildman–Crippen LogP) is 4.52. The highest BCUT2D eigenvalue weighted by Gasteiger charge is 2.09. The summed E-state index contributed by atoms with van der Waals surface area (Å²) in [5.74, 6) is -0.354. The lowest BCUT2D eigenvalue weighted by Crippen LogP contribution is -2.24. The molecule has 0 aliphatic heterocycles. The van der Waals surface area contributed by atoms with E-state index in [1.54, 1.807) is 48.5 Å². The number of amides is 2. The number of anilines is 2. The summed E-state index contributed by atoms with van der Waals surface area (Å²) in [4.78, 5) is 34.9. The zero-order valence-electron chi connectivity index (χ0n) is 19.7. The summed E-state index contributed by atoms with van der Waals surface area (Å²) in [5, 5.41) is 8.47. The van der Waals surface area contributed by atoms with E-state index >= 15 is 0 Å². The van der Waals surface area contributed by atoms with Gasteiger partial charge in [-0.2, -0.15) is 0 Å². The highest BCUT2D eigenvalue weighted by Crippen LogP contribution is 2.14. The summed E-state index contributed by atoms with van der Waals surface area (Å²) < 4.78 is 15.4. The van der Waals surface area contributed by atoms with Crippen LogP contribution in [0.4, 0.5) is 21.0 Å². The summed E-state index contributed by atoms with van der Waals surface area (Å²) >= 11 is 0. The Kier molecular flexibility index (Phi) is 9.44. The minimum Gasteiger partial charge on any atom is -0.461 e. The first kappa shape index (κ1) is 25.5. The van der Waals surface area contributed by atoms with Gasteiger partial charge in [-0.1, -0.05) is 42.5 Å². The van der Waals surface area contributed by atoms with E-state index in [0.29, 0.717) is 17.4 Å². The van der Waals surface area contributed by atoms with Gasteiger partial charge in [-0.3, -0.25) is 15.4 Å². The topological polar surface area (TPSA) is 115 Å². The first-order valence-electron chi connectivity index (χ1n) is 11.1. The molecule has 9 heteroatoms. The van der Waals surface area contributed by atoms with Crippen molar-refractivity contribution in [1.29, 1.82) is 0 Å². The number of ether oxygens (including phenoxy) is 3. The minimum atomic E-state index is -0.601. The maximum Gasteiger partial charge on any atom is 0.411 e. The highest BCUT2D eigenvalue weighted by molar-refractivity contribution is 5.85. The first-order chi connectivity index (χ1) is 16.9. The average molecular weight is 480 g/mol. The molecule has 0 aromatic heterocycles. The Labute approximate surface area is 204 Å². The SMILES string of the molecule is CNC1C=CC(COC(=O)Nc2ccc(COC(=O)Nc3ccc(COC(C)=O)cc3)cc2)=CC1. The second-order valence-corrected chi connectivity index (χ2v) is 7.85. The number of esters is 1. The van der Waals surface area contributed by atoms with Gasteiger partial charge in [0, 0.05) is 24.3 Å². The van der Waals surface area contributed by atoms with Crippen LogP contribution in [0.2, 0.25) is 0 Å². The van der Waals surface area contributed by atoms with Crippen LogP contribution < -0.4 is 16.0 Å². The van der Waals surface area contributed by atoms with Crippen molar-refractivity contribution < 1.29 is 28.6 Å². The van der Waals surface area contributed by atoms with Gasteiger partial charge in [0.1, 0.15) is 19.8 Å². The number of hydrogen-bond acceptors (Lipinski definition) is 7. The monoisotopic (exact) mass is 479 g/mol. The lowest BCUT2D eigenvalue weighted by atomic mass is 10.0. The molecule has 0 heterocycles. The maximum atomic E-state index is 12.0. The Balaban J connectivity index is 1.37. The number of carbonyl (C=O) groups excluding carboxylic acids is 3. The van der Waals surface area contributed by atoms with Crippen molar-refractivity contribution in [2.75, 3.05) is 24.3 Å². The fourth-order valence-corrected chi connectivity index (χ4v) is 3.15. The van der Waals surface area contributed by atoms with Crippen LogP contribution in [0.1, 0.15) is 24.5 Å². The Morgan fingerprint density at radius 1 is 0.800 bits per heavy atom. The molecule has 184 valence electrons. The average Bonchev–Trinajstić information content (AvgIpc) is 2.87. The van der Waals surface area contributed by atoms with Gasteiger partial charge >= 0.3 is 18.2 Å². The number of hydrogen-bond donors (Lipinski definition) is 3. The number of rotatable bonds is 9. The van der Waals surface area contributed by atoms with E-state index in [0.717, 1.165) is 23.1 Å². The molecule has 0 bridgehead atoms. The molecule has 2 aromatic rings. The molecule has 3 N–H and O–H groups in total. The third kappa shape index (κ3) is 8.98. The van der Waals surface area contributed by atoms with Crippen LogP contribution in [-0.4, -0.2) is 37.9 Å². The van der Waals surface area contributed by atoms with Crippen molar-refractivity contribution in [3.05, 3.63) is 83.5 Å². The summed E-state index contributed by atoms with van der Waals surface area (Å²) in [6, 6.07) is 14.1. The predicted molar refractivity (Wildman–Crippen MR) is 132 cm³/mol. The molecule has 9 nitrogen and oxygen atoms in total. The molecule has 1 atom stereocenters. The van der Waals surface area contributed by atoms with Crippen molar-refractivity contribution in [3.63, 3.8) is 0 Å². The summed E-state index contributed by atoms with van der Waals surface area (Å²) in [6.07, 6.45) is 5.75. The molecule has 0 fully saturated rings. The van der Waals surface area contributed by atoms with E-state index in [4.69, 9.17) is 14.2 Å². The second-order valence-electron chi connectivity index (χ2n) is 7.85. The Hall–Kier alpha value is -4.11. The lowest BCUT2D eigenvalue weighted by molar-refractivity contribution is -0.142. The second kappa shape index (κ2) is 13.0. The quantitative estimate of drug-likeness (QED) is 0.358. The van der Waals surface area contributed by atoms with E-state index in [9.17, 15) is 14.4 Å². The molecule has 35 heavy (non-hydrogen) atoms. The molecule has 0 radical (unpaired) electrons. The first-order valence-corrected chi connectivity index (χ1v) is 11.1. The van der Waals surface area contributed by atoms with Gasteiger partial charge in [0.05, 0.1) is 0 Å². The van der Waals surface area contributed by atoms with Gasteiger partial charge in [0.25, 0.3) is 0 Å². The lowest BCUT2D eigenvalue weighted by Gasteiger charge is -2.15. The van der Waals surface area contributed by atoms with E-state index in [2.05, 4.69) is 16.0 Å². The van der Waals surface area contributed by atoms with E-state index in [1.165, 1.54) is 6.92 Å². The summed E-state index contributed by atoms with van der Waals surface area (Å²) in [5.41, 5.74) is 3.64. The normalized spacial score (nSPS) is 14.5. The van der Waals surface area contributed by atoms with Crippen molar-refractivity contribution in [3.8, 4) is 0 Å². The van der Waals surface area contributed by atoms with Crippen LogP contribution in [0.25, 0.3) is 0 Å². The van der Waals surface area contributed by atoms with Crippen molar-refractivity contribution >= 4 is 29.5 Å². The molecular formula is C26H29N3O6. The number of likely N-dealkylation sites (N-methyl/N-ethyl adjacent to an activating group) is 1. The van der Waals surface area contributed by atoms with Crippen LogP contribution in [0.5, 0.6) is 0 Å². The molecule has 1 aliphatic rings. The Bertz CT molecular complexity index is 1080. The minimum absolute atomic E-state index is 0.0647. The Morgan fingerprint density at radius 3 is 1.77 bits per heavy atom. The van der Waals surface area contributed by atoms with Gasteiger partial charge in [-0.05, 0) is 54.4 Å². The third-order valence-electron chi connectivity index (χ3n) is 5.13. The van der Waals surface area contributed by atoms with E-state index < -0.39 is 12.2 Å². The fourth-order valence-electron chi connectivity index (χ4n) is 3.15. The molecule has 0 saturated carbocycles. The number of nitrogens with one attached hydrogen (secondary N) is 3. The molecule has 1 aliphatic carbocycles. The van der Waals surface area contributed by atoms with Gasteiger partial charge in [-0.15, -0.1) is 0 Å². The molecule has 0 spiro atoms. The van der Waals surface area contributed by atoms with Crippen LogP contribution in [-0.2, 0) is 32.2 Å².